The Morgan fingerprint density at radius 1 is 1.28 bits per heavy atom. The van der Waals surface area contributed by atoms with Crippen LogP contribution in [0.5, 0.6) is 0 Å². The van der Waals surface area contributed by atoms with E-state index in [1.807, 2.05) is 0 Å². The van der Waals surface area contributed by atoms with Gasteiger partial charge in [0.25, 0.3) is 0 Å². The van der Waals surface area contributed by atoms with Crippen LogP contribution >= 0.6 is 0 Å². The Hall–Kier alpha value is -1.95. The molecule has 0 amide bonds. The maximum Gasteiger partial charge on any atom is 0.337 e. The van der Waals surface area contributed by atoms with E-state index in [4.69, 9.17) is 5.73 Å². The summed E-state index contributed by atoms with van der Waals surface area (Å²) in [6.45, 7) is 0. The van der Waals surface area contributed by atoms with E-state index in [9.17, 15) is 14.0 Å². The largest absolute Gasteiger partial charge is 0.468 e. The maximum atomic E-state index is 13.3. The van der Waals surface area contributed by atoms with Gasteiger partial charge in [-0.3, -0.25) is 4.79 Å². The Balaban J connectivity index is 2.93. The van der Waals surface area contributed by atoms with Crippen molar-refractivity contribution in [3.8, 4) is 0 Å². The fraction of sp³-hybridized carbons (Fsp3) is 0.333. The van der Waals surface area contributed by atoms with Gasteiger partial charge in [-0.25, -0.2) is 9.18 Å². The van der Waals surface area contributed by atoms with Crippen molar-refractivity contribution in [2.45, 2.75) is 12.5 Å². The molecule has 0 unspecified atom stereocenters. The first-order chi connectivity index (χ1) is 8.47. The van der Waals surface area contributed by atoms with Crippen molar-refractivity contribution in [2.24, 2.45) is 5.73 Å². The van der Waals surface area contributed by atoms with Gasteiger partial charge in [0.2, 0.25) is 0 Å². The van der Waals surface area contributed by atoms with E-state index in [2.05, 4.69) is 9.47 Å². The van der Waals surface area contributed by atoms with Gasteiger partial charge < -0.3 is 15.2 Å². The summed E-state index contributed by atoms with van der Waals surface area (Å²) in [6, 6.07) is 2.79. The summed E-state index contributed by atoms with van der Waals surface area (Å²) >= 11 is 0. The van der Waals surface area contributed by atoms with Gasteiger partial charge in [0.1, 0.15) is 11.9 Å². The van der Waals surface area contributed by atoms with Crippen molar-refractivity contribution in [3.05, 3.63) is 35.1 Å². The third kappa shape index (κ3) is 3.53. The van der Waals surface area contributed by atoms with Crippen molar-refractivity contribution in [1.82, 2.24) is 0 Å². The highest BCUT2D eigenvalue weighted by Gasteiger charge is 2.16. The molecule has 1 aromatic rings. The molecule has 0 aliphatic heterocycles. The standard InChI is InChI=1S/C12H14FNO4/c1-17-11(15)8-3-7(4-9(13)6-8)5-10(14)12(16)18-2/h3-4,6,10H,5,14H2,1-2H3/t10-/m1/s1. The first kappa shape index (κ1) is 14.1. The fourth-order valence-electron chi connectivity index (χ4n) is 1.49. The predicted molar refractivity (Wildman–Crippen MR) is 61.4 cm³/mol. The second-order valence-corrected chi connectivity index (χ2v) is 3.67. The van der Waals surface area contributed by atoms with Crippen molar-refractivity contribution in [1.29, 1.82) is 0 Å². The first-order valence-corrected chi connectivity index (χ1v) is 5.19. The van der Waals surface area contributed by atoms with Gasteiger partial charge in [0.15, 0.2) is 0 Å². The van der Waals surface area contributed by atoms with Crippen LogP contribution in [0.2, 0.25) is 0 Å². The molecule has 2 N–H and O–H groups in total. The first-order valence-electron chi connectivity index (χ1n) is 5.19. The molecule has 0 aromatic heterocycles. The monoisotopic (exact) mass is 255 g/mol. The smallest absolute Gasteiger partial charge is 0.337 e. The molecule has 98 valence electrons. The summed E-state index contributed by atoms with van der Waals surface area (Å²) in [6.07, 6.45) is 0.0778. The van der Waals surface area contributed by atoms with E-state index in [1.54, 1.807) is 0 Å². The zero-order valence-electron chi connectivity index (χ0n) is 10.1. The lowest BCUT2D eigenvalue weighted by atomic mass is 10.0. The van der Waals surface area contributed by atoms with Crippen LogP contribution < -0.4 is 5.73 Å². The molecule has 0 aliphatic carbocycles. The summed E-state index contributed by atoms with van der Waals surface area (Å²) < 4.78 is 22.2. The van der Waals surface area contributed by atoms with E-state index >= 15 is 0 Å². The Bertz CT molecular complexity index is 461. The molecule has 0 spiro atoms. The number of esters is 2. The van der Waals surface area contributed by atoms with Gasteiger partial charge in [-0.15, -0.1) is 0 Å². The Kier molecular flexibility index (Phi) is 4.79. The topological polar surface area (TPSA) is 78.6 Å². The summed E-state index contributed by atoms with van der Waals surface area (Å²) in [7, 11) is 2.42. The molecule has 1 aromatic carbocycles. The van der Waals surface area contributed by atoms with Crippen LogP contribution in [-0.2, 0) is 20.7 Å². The van der Waals surface area contributed by atoms with Crippen LogP contribution in [0.1, 0.15) is 15.9 Å². The van der Waals surface area contributed by atoms with Crippen molar-refractivity contribution >= 4 is 11.9 Å². The second-order valence-electron chi connectivity index (χ2n) is 3.67. The lowest BCUT2D eigenvalue weighted by molar-refractivity contribution is -0.142. The van der Waals surface area contributed by atoms with Crippen molar-refractivity contribution in [2.75, 3.05) is 14.2 Å². The number of methoxy groups -OCH3 is 2. The molecule has 0 saturated carbocycles. The molecule has 0 aliphatic rings. The number of carbonyl (C=O) groups is 2. The number of ether oxygens (including phenoxy) is 2. The predicted octanol–water partition coefficient (Wildman–Crippen LogP) is 0.655. The SMILES string of the molecule is COC(=O)c1cc(F)cc(C[C@@H](N)C(=O)OC)c1. The van der Waals surface area contributed by atoms with Gasteiger partial charge in [-0.05, 0) is 30.2 Å². The molecule has 6 heteroatoms. The number of hydrogen-bond acceptors (Lipinski definition) is 5. The van der Waals surface area contributed by atoms with E-state index in [1.165, 1.54) is 26.4 Å². The Morgan fingerprint density at radius 3 is 2.50 bits per heavy atom. The van der Waals surface area contributed by atoms with Gasteiger partial charge in [0, 0.05) is 0 Å². The van der Waals surface area contributed by atoms with Crippen molar-refractivity contribution < 1.29 is 23.5 Å². The average Bonchev–Trinajstić information content (AvgIpc) is 2.35. The lowest BCUT2D eigenvalue weighted by Gasteiger charge is -2.10. The van der Waals surface area contributed by atoms with Gasteiger partial charge in [0.05, 0.1) is 19.8 Å². The number of rotatable bonds is 4. The average molecular weight is 255 g/mol. The number of benzene rings is 1. The molecule has 0 saturated heterocycles. The summed E-state index contributed by atoms with van der Waals surface area (Å²) in [5, 5.41) is 0. The molecule has 0 fully saturated rings. The van der Waals surface area contributed by atoms with Crippen LogP contribution in [0.4, 0.5) is 4.39 Å². The van der Waals surface area contributed by atoms with Crippen molar-refractivity contribution in [3.63, 3.8) is 0 Å². The molecular weight excluding hydrogens is 241 g/mol. The van der Waals surface area contributed by atoms with Crippen LogP contribution in [0.3, 0.4) is 0 Å². The van der Waals surface area contributed by atoms with E-state index < -0.39 is 23.8 Å². The summed E-state index contributed by atoms with van der Waals surface area (Å²) in [5.41, 5.74) is 6.05. The van der Waals surface area contributed by atoms with Gasteiger partial charge in [-0.1, -0.05) is 0 Å². The molecule has 5 nitrogen and oxygen atoms in total. The van der Waals surface area contributed by atoms with Crippen LogP contribution in [0.25, 0.3) is 0 Å². The molecule has 0 bridgehead atoms. The van der Waals surface area contributed by atoms with Gasteiger partial charge in [-0.2, -0.15) is 0 Å². The minimum Gasteiger partial charge on any atom is -0.468 e. The lowest BCUT2D eigenvalue weighted by Crippen LogP contribution is -2.33. The molecule has 18 heavy (non-hydrogen) atoms. The summed E-state index contributed by atoms with van der Waals surface area (Å²) in [5.74, 6) is -1.84. The third-order valence-electron chi connectivity index (χ3n) is 2.34. The zero-order valence-corrected chi connectivity index (χ0v) is 10.1. The number of carbonyl (C=O) groups excluding carboxylic acids is 2. The Labute approximate surface area is 104 Å². The highest BCUT2D eigenvalue weighted by atomic mass is 19.1. The third-order valence-corrected chi connectivity index (χ3v) is 2.34. The normalized spacial score (nSPS) is 11.8. The zero-order chi connectivity index (χ0) is 13.7. The van der Waals surface area contributed by atoms with Crippen LogP contribution in [0.15, 0.2) is 18.2 Å². The molecule has 1 atom stereocenters. The molecule has 1 rings (SSSR count). The highest BCUT2D eigenvalue weighted by molar-refractivity contribution is 5.89. The molecule has 0 radical (unpaired) electrons. The summed E-state index contributed by atoms with van der Waals surface area (Å²) in [4.78, 5) is 22.4. The maximum absolute atomic E-state index is 13.3. The second kappa shape index (κ2) is 6.11. The number of hydrogen-bond donors (Lipinski definition) is 1. The van der Waals surface area contributed by atoms with E-state index in [-0.39, 0.29) is 12.0 Å². The number of halogens is 1. The highest BCUT2D eigenvalue weighted by Crippen LogP contribution is 2.12. The van der Waals surface area contributed by atoms with E-state index in [0.29, 0.717) is 5.56 Å². The fourth-order valence-corrected chi connectivity index (χ4v) is 1.49. The quantitative estimate of drug-likeness (QED) is 0.799. The van der Waals surface area contributed by atoms with Gasteiger partial charge >= 0.3 is 11.9 Å². The van der Waals surface area contributed by atoms with Crippen LogP contribution in [-0.4, -0.2) is 32.2 Å². The minimum atomic E-state index is -0.901. The number of nitrogens with two attached hydrogens (primary N) is 1. The van der Waals surface area contributed by atoms with E-state index in [0.717, 1.165) is 6.07 Å². The molecule has 0 heterocycles. The molecular formula is C12H14FNO4. The Morgan fingerprint density at radius 2 is 1.94 bits per heavy atom. The minimum absolute atomic E-state index is 0.0737. The van der Waals surface area contributed by atoms with Crippen LogP contribution in [0, 0.1) is 5.82 Å².